The molecule has 0 aliphatic carbocycles. The minimum Gasteiger partial charge on any atom is -0.394 e. The quantitative estimate of drug-likeness (QED) is 0.0216. The summed E-state index contributed by atoms with van der Waals surface area (Å²) in [7, 11) is 0. The number of hydrogen-bond acceptors (Lipinski definition) is 10. The summed E-state index contributed by atoms with van der Waals surface area (Å²) in [5, 5.41) is 75.8. The molecule has 1 fully saturated rings. The van der Waals surface area contributed by atoms with E-state index in [4.69, 9.17) is 9.47 Å². The molecule has 9 unspecified atom stereocenters. The first kappa shape index (κ1) is 60.3. The van der Waals surface area contributed by atoms with Crippen LogP contribution in [0.4, 0.5) is 0 Å². The number of amides is 1. The van der Waals surface area contributed by atoms with Crippen molar-refractivity contribution in [2.45, 2.75) is 281 Å². The van der Waals surface area contributed by atoms with Crippen molar-refractivity contribution in [2.24, 2.45) is 0 Å². The van der Waals surface area contributed by atoms with Crippen molar-refractivity contribution in [1.29, 1.82) is 0 Å². The third kappa shape index (κ3) is 31.3. The van der Waals surface area contributed by atoms with Gasteiger partial charge in [-0.15, -0.1) is 0 Å². The molecule has 1 amide bonds. The fraction of sp³-hybridized carbons (Fsp3) is 0.868. The van der Waals surface area contributed by atoms with Gasteiger partial charge in [-0.2, -0.15) is 0 Å². The maximum Gasteiger partial charge on any atom is 0.249 e. The third-order valence-electron chi connectivity index (χ3n) is 12.6. The molecule has 1 saturated heterocycles. The molecule has 1 heterocycles. The zero-order valence-corrected chi connectivity index (χ0v) is 40.8. The normalized spacial score (nSPS) is 21.3. The molecule has 0 saturated carbocycles. The molecular weight excluding hydrogens is 811 g/mol. The van der Waals surface area contributed by atoms with Crippen molar-refractivity contribution < 1.29 is 50.0 Å². The Morgan fingerprint density at radius 3 is 1.39 bits per heavy atom. The topological polar surface area (TPSA) is 189 Å². The second-order valence-electron chi connectivity index (χ2n) is 18.6. The average Bonchev–Trinajstić information content (AvgIpc) is 3.29. The predicted octanol–water partition coefficient (Wildman–Crippen LogP) is 9.95. The van der Waals surface area contributed by atoms with Gasteiger partial charge in [-0.05, 0) is 57.8 Å². The molecule has 11 nitrogen and oxygen atoms in total. The summed E-state index contributed by atoms with van der Waals surface area (Å²) < 4.78 is 11.1. The van der Waals surface area contributed by atoms with Crippen molar-refractivity contribution in [3.63, 3.8) is 0 Å². The van der Waals surface area contributed by atoms with E-state index in [2.05, 4.69) is 55.6 Å². The second kappa shape index (κ2) is 42.7. The summed E-state index contributed by atoms with van der Waals surface area (Å²) >= 11 is 0. The lowest BCUT2D eigenvalue weighted by Crippen LogP contribution is -2.60. The number of carbonyl (C=O) groups is 1. The van der Waals surface area contributed by atoms with Crippen LogP contribution in [0.15, 0.2) is 36.5 Å². The zero-order chi connectivity index (χ0) is 46.9. The van der Waals surface area contributed by atoms with Crippen LogP contribution in [0.2, 0.25) is 0 Å². The Hall–Kier alpha value is -1.67. The first-order valence-corrected chi connectivity index (χ1v) is 26.4. The molecule has 0 aromatic carbocycles. The van der Waals surface area contributed by atoms with Gasteiger partial charge in [-0.3, -0.25) is 4.79 Å². The molecule has 64 heavy (non-hydrogen) atoms. The standard InChI is InChI=1S/C53H99NO10/c1-3-5-7-9-11-13-15-17-19-20-21-22-23-24-25-26-27-29-31-33-35-37-39-41-46(57)52(62)54-44(43-63-53-51(61)50(60)49(59)47(42-55)64-53)48(58)45(56)40-38-36-34-32-30-28-18-16-14-12-10-8-6-4-2/h8,10,16,18,32,34,44-51,53,55-61H,3-7,9,11-15,17,19-31,33,35-43H2,1-2H3,(H,54,62)/b10-8+,18-16+,34-32+. The van der Waals surface area contributed by atoms with E-state index in [9.17, 15) is 40.5 Å². The molecule has 0 bridgehead atoms. The smallest absolute Gasteiger partial charge is 0.249 e. The van der Waals surface area contributed by atoms with E-state index >= 15 is 0 Å². The van der Waals surface area contributed by atoms with Gasteiger partial charge in [0.25, 0.3) is 0 Å². The van der Waals surface area contributed by atoms with Gasteiger partial charge in [-0.25, -0.2) is 0 Å². The van der Waals surface area contributed by atoms with Gasteiger partial charge in [-0.1, -0.05) is 204 Å². The van der Waals surface area contributed by atoms with E-state index < -0.39 is 74.2 Å². The second-order valence-corrected chi connectivity index (χ2v) is 18.6. The Bertz CT molecular complexity index is 1130. The van der Waals surface area contributed by atoms with Crippen LogP contribution in [-0.2, 0) is 14.3 Å². The van der Waals surface area contributed by atoms with Crippen molar-refractivity contribution in [1.82, 2.24) is 5.32 Å². The Morgan fingerprint density at radius 2 is 0.953 bits per heavy atom. The van der Waals surface area contributed by atoms with E-state index in [0.717, 1.165) is 51.4 Å². The monoisotopic (exact) mass is 910 g/mol. The largest absolute Gasteiger partial charge is 0.394 e. The maximum absolute atomic E-state index is 13.1. The summed E-state index contributed by atoms with van der Waals surface area (Å²) in [6.45, 7) is 3.37. The fourth-order valence-electron chi connectivity index (χ4n) is 8.30. The SMILES string of the molecule is CCC/C=C/CC/C=C/CC/C=C/CCCC(O)C(O)C(COC1OC(CO)C(O)C(O)C1O)NC(=O)C(O)CCCCCCCCCCCCCCCCCCCCCCCCC. The zero-order valence-electron chi connectivity index (χ0n) is 40.8. The van der Waals surface area contributed by atoms with Gasteiger partial charge in [0, 0.05) is 0 Å². The Balaban J connectivity index is 2.35. The molecule has 1 aliphatic heterocycles. The van der Waals surface area contributed by atoms with Crippen LogP contribution < -0.4 is 5.32 Å². The molecule has 1 aliphatic rings. The molecule has 376 valence electrons. The van der Waals surface area contributed by atoms with E-state index in [0.29, 0.717) is 19.3 Å². The Morgan fingerprint density at radius 1 is 0.531 bits per heavy atom. The lowest BCUT2D eigenvalue weighted by Gasteiger charge is -2.40. The molecule has 9 atom stereocenters. The number of unbranched alkanes of at least 4 members (excludes halogenated alkanes) is 26. The van der Waals surface area contributed by atoms with Gasteiger partial charge in [0.1, 0.15) is 36.6 Å². The molecule has 0 spiro atoms. The number of ether oxygens (including phenoxy) is 2. The van der Waals surface area contributed by atoms with Crippen LogP contribution in [0.1, 0.15) is 226 Å². The minimum atomic E-state index is -1.67. The van der Waals surface area contributed by atoms with Crippen molar-refractivity contribution >= 4 is 5.91 Å². The molecule has 0 radical (unpaired) electrons. The van der Waals surface area contributed by atoms with Crippen molar-refractivity contribution in [3.05, 3.63) is 36.5 Å². The van der Waals surface area contributed by atoms with Crippen LogP contribution in [0.3, 0.4) is 0 Å². The number of aliphatic hydroxyl groups excluding tert-OH is 7. The minimum absolute atomic E-state index is 0.242. The number of allylic oxidation sites excluding steroid dienone is 6. The first-order chi connectivity index (χ1) is 31.2. The fourth-order valence-corrected chi connectivity index (χ4v) is 8.30. The van der Waals surface area contributed by atoms with E-state index in [1.54, 1.807) is 0 Å². The summed E-state index contributed by atoms with van der Waals surface area (Å²) in [4.78, 5) is 13.1. The highest BCUT2D eigenvalue weighted by atomic mass is 16.7. The molecule has 0 aromatic heterocycles. The third-order valence-corrected chi connectivity index (χ3v) is 12.6. The van der Waals surface area contributed by atoms with E-state index in [-0.39, 0.29) is 12.8 Å². The van der Waals surface area contributed by atoms with Crippen LogP contribution in [-0.4, -0.2) is 110 Å². The highest BCUT2D eigenvalue weighted by Crippen LogP contribution is 2.23. The summed E-state index contributed by atoms with van der Waals surface area (Å²) in [6, 6.07) is -1.19. The Labute approximate surface area is 390 Å². The molecule has 11 heteroatoms. The molecule has 8 N–H and O–H groups in total. The summed E-state index contributed by atoms with van der Waals surface area (Å²) in [5.41, 5.74) is 0. The van der Waals surface area contributed by atoms with Gasteiger partial charge in [0.2, 0.25) is 5.91 Å². The lowest BCUT2D eigenvalue weighted by molar-refractivity contribution is -0.303. The van der Waals surface area contributed by atoms with Crippen molar-refractivity contribution in [2.75, 3.05) is 13.2 Å². The maximum atomic E-state index is 13.1. The predicted molar refractivity (Wildman–Crippen MR) is 261 cm³/mol. The molecular formula is C53H99NO10. The van der Waals surface area contributed by atoms with Gasteiger partial charge in [0.15, 0.2) is 6.29 Å². The summed E-state index contributed by atoms with van der Waals surface area (Å²) in [6.07, 6.45) is 39.2. The van der Waals surface area contributed by atoms with Gasteiger partial charge in [0.05, 0.1) is 25.4 Å². The van der Waals surface area contributed by atoms with Crippen LogP contribution in [0, 0.1) is 0 Å². The average molecular weight is 910 g/mol. The molecule has 0 aromatic rings. The first-order valence-electron chi connectivity index (χ1n) is 26.4. The van der Waals surface area contributed by atoms with Crippen LogP contribution in [0.25, 0.3) is 0 Å². The number of hydrogen-bond donors (Lipinski definition) is 8. The summed E-state index contributed by atoms with van der Waals surface area (Å²) in [5.74, 6) is -0.711. The number of aliphatic hydroxyl groups is 7. The highest BCUT2D eigenvalue weighted by molar-refractivity contribution is 5.80. The highest BCUT2D eigenvalue weighted by Gasteiger charge is 2.44. The Kier molecular flexibility index (Phi) is 40.2. The van der Waals surface area contributed by atoms with E-state index in [1.807, 2.05) is 0 Å². The van der Waals surface area contributed by atoms with Crippen LogP contribution >= 0.6 is 0 Å². The van der Waals surface area contributed by atoms with E-state index in [1.165, 1.54) is 128 Å². The lowest BCUT2D eigenvalue weighted by atomic mass is 9.98. The van der Waals surface area contributed by atoms with Crippen molar-refractivity contribution in [3.8, 4) is 0 Å². The number of nitrogens with one attached hydrogen (secondary N) is 1. The number of rotatable bonds is 44. The van der Waals surface area contributed by atoms with Gasteiger partial charge < -0.3 is 50.5 Å². The van der Waals surface area contributed by atoms with Crippen LogP contribution in [0.5, 0.6) is 0 Å². The van der Waals surface area contributed by atoms with Gasteiger partial charge >= 0.3 is 0 Å². The molecule has 1 rings (SSSR count). The number of carbonyl (C=O) groups excluding carboxylic acids is 1.